The Morgan fingerprint density at radius 1 is 1.11 bits per heavy atom. The van der Waals surface area contributed by atoms with Gasteiger partial charge >= 0.3 is 0 Å². The van der Waals surface area contributed by atoms with Crippen LogP contribution in [0.25, 0.3) is 10.9 Å². The van der Waals surface area contributed by atoms with E-state index in [0.29, 0.717) is 0 Å². The van der Waals surface area contributed by atoms with Gasteiger partial charge in [0.05, 0.1) is 17.8 Å². The third-order valence-electron chi connectivity index (χ3n) is 3.07. The van der Waals surface area contributed by atoms with Crippen molar-refractivity contribution in [2.75, 3.05) is 0 Å². The zero-order chi connectivity index (χ0) is 12.5. The predicted octanol–water partition coefficient (Wildman–Crippen LogP) is 4.16. The molecule has 1 heterocycles. The van der Waals surface area contributed by atoms with E-state index < -0.39 is 0 Å². The number of benzene rings is 2. The van der Waals surface area contributed by atoms with Gasteiger partial charge in [-0.3, -0.25) is 4.68 Å². The molecule has 2 nitrogen and oxygen atoms in total. The van der Waals surface area contributed by atoms with Gasteiger partial charge in [-0.1, -0.05) is 46.3 Å². The van der Waals surface area contributed by atoms with E-state index >= 15 is 0 Å². The van der Waals surface area contributed by atoms with Crippen molar-refractivity contribution in [3.05, 3.63) is 64.3 Å². The monoisotopic (exact) mass is 300 g/mol. The number of aryl methyl sites for hydroxylation is 1. The molecule has 0 radical (unpaired) electrons. The van der Waals surface area contributed by atoms with Gasteiger partial charge < -0.3 is 0 Å². The smallest absolute Gasteiger partial charge is 0.0700 e. The van der Waals surface area contributed by atoms with Crippen LogP contribution in [0.5, 0.6) is 0 Å². The number of hydrogen-bond donors (Lipinski definition) is 0. The fourth-order valence-electron chi connectivity index (χ4n) is 2.19. The molecule has 0 unspecified atom stereocenters. The van der Waals surface area contributed by atoms with E-state index in [1.807, 2.05) is 6.07 Å². The van der Waals surface area contributed by atoms with Crippen molar-refractivity contribution in [1.29, 1.82) is 0 Å². The highest BCUT2D eigenvalue weighted by molar-refractivity contribution is 9.10. The van der Waals surface area contributed by atoms with Crippen molar-refractivity contribution in [3.8, 4) is 0 Å². The second-order valence-electron chi connectivity index (χ2n) is 4.39. The fourth-order valence-corrected chi connectivity index (χ4v) is 2.54. The zero-order valence-electron chi connectivity index (χ0n) is 10.1. The standard InChI is InChI=1S/C15H13BrN2/c1-11-14-8-7-13(16)9-15(14)18(17-11)10-12-5-3-2-4-6-12/h2-9H,10H2,1H3. The summed E-state index contributed by atoms with van der Waals surface area (Å²) in [6.45, 7) is 2.86. The van der Waals surface area contributed by atoms with Crippen LogP contribution in [0.3, 0.4) is 0 Å². The Balaban J connectivity index is 2.09. The largest absolute Gasteiger partial charge is 0.260 e. The minimum atomic E-state index is 0.807. The lowest BCUT2D eigenvalue weighted by molar-refractivity contribution is 0.703. The van der Waals surface area contributed by atoms with Gasteiger partial charge in [-0.15, -0.1) is 0 Å². The minimum Gasteiger partial charge on any atom is -0.260 e. The number of hydrogen-bond acceptors (Lipinski definition) is 1. The SMILES string of the molecule is Cc1nn(Cc2ccccc2)c2cc(Br)ccc12. The Morgan fingerprint density at radius 3 is 2.67 bits per heavy atom. The molecule has 0 aliphatic rings. The molecule has 0 saturated carbocycles. The number of fused-ring (bicyclic) bond motifs is 1. The average Bonchev–Trinajstić information content (AvgIpc) is 2.67. The van der Waals surface area contributed by atoms with Gasteiger partial charge in [-0.2, -0.15) is 5.10 Å². The lowest BCUT2D eigenvalue weighted by atomic mass is 10.2. The van der Waals surface area contributed by atoms with Crippen LogP contribution in [-0.4, -0.2) is 9.78 Å². The topological polar surface area (TPSA) is 17.8 Å². The molecule has 0 N–H and O–H groups in total. The molecular weight excluding hydrogens is 288 g/mol. The molecule has 3 heteroatoms. The molecule has 0 aliphatic heterocycles. The van der Waals surface area contributed by atoms with E-state index in [4.69, 9.17) is 0 Å². The highest BCUT2D eigenvalue weighted by Gasteiger charge is 2.07. The van der Waals surface area contributed by atoms with Crippen molar-refractivity contribution in [1.82, 2.24) is 9.78 Å². The lowest BCUT2D eigenvalue weighted by Gasteiger charge is -2.03. The average molecular weight is 301 g/mol. The summed E-state index contributed by atoms with van der Waals surface area (Å²) in [5.74, 6) is 0. The summed E-state index contributed by atoms with van der Waals surface area (Å²) >= 11 is 3.52. The van der Waals surface area contributed by atoms with E-state index in [1.54, 1.807) is 0 Å². The molecule has 3 rings (SSSR count). The molecule has 0 aliphatic carbocycles. The van der Waals surface area contributed by atoms with E-state index in [2.05, 4.69) is 75.1 Å². The lowest BCUT2D eigenvalue weighted by Crippen LogP contribution is -2.01. The molecule has 0 saturated heterocycles. The van der Waals surface area contributed by atoms with Crippen LogP contribution < -0.4 is 0 Å². The summed E-state index contributed by atoms with van der Waals surface area (Å²) in [6.07, 6.45) is 0. The van der Waals surface area contributed by atoms with Crippen molar-refractivity contribution in [2.24, 2.45) is 0 Å². The summed E-state index contributed by atoms with van der Waals surface area (Å²) in [4.78, 5) is 0. The summed E-state index contributed by atoms with van der Waals surface area (Å²) in [5, 5.41) is 5.84. The van der Waals surface area contributed by atoms with Crippen LogP contribution >= 0.6 is 15.9 Å². The highest BCUT2D eigenvalue weighted by atomic mass is 79.9. The van der Waals surface area contributed by atoms with E-state index in [9.17, 15) is 0 Å². The predicted molar refractivity (Wildman–Crippen MR) is 77.7 cm³/mol. The second kappa shape index (κ2) is 4.58. The van der Waals surface area contributed by atoms with Crippen LogP contribution in [0.4, 0.5) is 0 Å². The van der Waals surface area contributed by atoms with Gasteiger partial charge in [0.2, 0.25) is 0 Å². The zero-order valence-corrected chi connectivity index (χ0v) is 11.7. The van der Waals surface area contributed by atoms with Gasteiger partial charge in [0.15, 0.2) is 0 Å². The number of nitrogens with zero attached hydrogens (tertiary/aromatic N) is 2. The first-order valence-electron chi connectivity index (χ1n) is 5.90. The first kappa shape index (κ1) is 11.5. The molecule has 0 spiro atoms. The highest BCUT2D eigenvalue weighted by Crippen LogP contribution is 2.23. The molecule has 0 amide bonds. The number of rotatable bonds is 2. The molecule has 0 bridgehead atoms. The van der Waals surface area contributed by atoms with Crippen molar-refractivity contribution >= 4 is 26.8 Å². The van der Waals surface area contributed by atoms with Gasteiger partial charge in [-0.05, 0) is 30.7 Å². The Morgan fingerprint density at radius 2 is 1.89 bits per heavy atom. The van der Waals surface area contributed by atoms with Crippen LogP contribution in [0.2, 0.25) is 0 Å². The van der Waals surface area contributed by atoms with E-state index in [0.717, 1.165) is 16.7 Å². The summed E-state index contributed by atoms with van der Waals surface area (Å²) in [6, 6.07) is 16.7. The Hall–Kier alpha value is -1.61. The molecule has 3 aromatic rings. The first-order valence-corrected chi connectivity index (χ1v) is 6.70. The van der Waals surface area contributed by atoms with Gasteiger partial charge in [0, 0.05) is 9.86 Å². The fraction of sp³-hybridized carbons (Fsp3) is 0.133. The van der Waals surface area contributed by atoms with Crippen LogP contribution in [0.1, 0.15) is 11.3 Å². The Bertz CT molecular complexity index is 686. The van der Waals surface area contributed by atoms with Gasteiger partial charge in [0.25, 0.3) is 0 Å². The number of halogens is 1. The second-order valence-corrected chi connectivity index (χ2v) is 5.31. The first-order chi connectivity index (χ1) is 8.74. The Labute approximate surface area is 114 Å². The molecule has 18 heavy (non-hydrogen) atoms. The molecular formula is C15H13BrN2. The molecule has 0 atom stereocenters. The minimum absolute atomic E-state index is 0.807. The Kier molecular flexibility index (Phi) is 2.92. The molecule has 0 fully saturated rings. The maximum Gasteiger partial charge on any atom is 0.0700 e. The van der Waals surface area contributed by atoms with Crippen molar-refractivity contribution in [3.63, 3.8) is 0 Å². The van der Waals surface area contributed by atoms with Gasteiger partial charge in [0.1, 0.15) is 0 Å². The third-order valence-corrected chi connectivity index (χ3v) is 3.57. The summed E-state index contributed by atoms with van der Waals surface area (Å²) in [5.41, 5.74) is 3.51. The van der Waals surface area contributed by atoms with Gasteiger partial charge in [-0.25, -0.2) is 0 Å². The van der Waals surface area contributed by atoms with Crippen LogP contribution in [-0.2, 0) is 6.54 Å². The summed E-state index contributed by atoms with van der Waals surface area (Å²) < 4.78 is 3.15. The van der Waals surface area contributed by atoms with Crippen molar-refractivity contribution in [2.45, 2.75) is 13.5 Å². The van der Waals surface area contributed by atoms with Crippen molar-refractivity contribution < 1.29 is 0 Å². The van der Waals surface area contributed by atoms with E-state index in [1.165, 1.54) is 16.5 Å². The normalized spacial score (nSPS) is 11.0. The maximum atomic E-state index is 4.62. The summed E-state index contributed by atoms with van der Waals surface area (Å²) in [7, 11) is 0. The van der Waals surface area contributed by atoms with E-state index in [-0.39, 0.29) is 0 Å². The van der Waals surface area contributed by atoms with Crippen LogP contribution in [0.15, 0.2) is 53.0 Å². The van der Waals surface area contributed by atoms with Crippen LogP contribution in [0, 0.1) is 6.92 Å². The third kappa shape index (κ3) is 2.06. The molecule has 2 aromatic carbocycles. The molecule has 90 valence electrons. The number of aromatic nitrogens is 2. The quantitative estimate of drug-likeness (QED) is 0.695. The maximum absolute atomic E-state index is 4.62. The molecule has 1 aromatic heterocycles.